The van der Waals surface area contributed by atoms with E-state index in [1.165, 1.54) is 5.69 Å². The Labute approximate surface area is 114 Å². The third-order valence-electron chi connectivity index (χ3n) is 3.21. The summed E-state index contributed by atoms with van der Waals surface area (Å²) < 4.78 is 2.00. The van der Waals surface area contributed by atoms with Crippen LogP contribution < -0.4 is 10.2 Å². The summed E-state index contributed by atoms with van der Waals surface area (Å²) in [4.78, 5) is 2.32. The Morgan fingerprint density at radius 3 is 2.42 bits per heavy atom. The first kappa shape index (κ1) is 13.5. The van der Waals surface area contributed by atoms with Gasteiger partial charge in [-0.05, 0) is 45.2 Å². The summed E-state index contributed by atoms with van der Waals surface area (Å²) >= 11 is 0. The summed E-state index contributed by atoms with van der Waals surface area (Å²) in [5.74, 6) is 0.915. The minimum Gasteiger partial charge on any atom is -0.372 e. The Morgan fingerprint density at radius 2 is 1.84 bits per heavy atom. The fourth-order valence-corrected chi connectivity index (χ4v) is 2.17. The molecule has 0 spiro atoms. The van der Waals surface area contributed by atoms with Crippen LogP contribution in [-0.2, 0) is 6.54 Å². The Morgan fingerprint density at radius 1 is 1.16 bits per heavy atom. The molecule has 0 bridgehead atoms. The van der Waals surface area contributed by atoms with Crippen LogP contribution in [0.4, 0.5) is 5.69 Å². The molecular formula is C14H21N5. The topological polar surface area (TPSA) is 46.0 Å². The molecule has 0 atom stereocenters. The Hall–Kier alpha value is -1.88. The van der Waals surface area contributed by atoms with Gasteiger partial charge in [0.2, 0.25) is 0 Å². The normalized spacial score (nSPS) is 10.7. The first-order valence-electron chi connectivity index (χ1n) is 6.69. The molecule has 1 aromatic heterocycles. The van der Waals surface area contributed by atoms with Crippen molar-refractivity contribution >= 4 is 5.69 Å². The monoisotopic (exact) mass is 259 g/mol. The molecule has 0 saturated carbocycles. The first-order valence-corrected chi connectivity index (χ1v) is 6.69. The number of aromatic nitrogens is 3. The van der Waals surface area contributed by atoms with Crippen LogP contribution in [0.1, 0.15) is 19.7 Å². The van der Waals surface area contributed by atoms with E-state index in [1.54, 1.807) is 6.33 Å². The number of nitrogens with zero attached hydrogens (tertiary/aromatic N) is 4. The molecule has 0 aliphatic carbocycles. The van der Waals surface area contributed by atoms with Gasteiger partial charge < -0.3 is 10.2 Å². The van der Waals surface area contributed by atoms with E-state index in [4.69, 9.17) is 0 Å². The second-order valence-electron chi connectivity index (χ2n) is 4.34. The van der Waals surface area contributed by atoms with Crippen LogP contribution in [0.2, 0.25) is 0 Å². The molecule has 0 saturated heterocycles. The zero-order chi connectivity index (χ0) is 13.7. The lowest BCUT2D eigenvalue weighted by molar-refractivity contribution is 0.737. The van der Waals surface area contributed by atoms with Crippen molar-refractivity contribution in [1.29, 1.82) is 0 Å². The van der Waals surface area contributed by atoms with Crippen molar-refractivity contribution in [3.8, 4) is 5.69 Å². The van der Waals surface area contributed by atoms with Gasteiger partial charge in [0, 0.05) is 24.5 Å². The zero-order valence-corrected chi connectivity index (χ0v) is 11.8. The Balaban J connectivity index is 2.24. The summed E-state index contributed by atoms with van der Waals surface area (Å²) in [6.07, 6.45) is 1.75. The molecule has 0 amide bonds. The molecular weight excluding hydrogens is 238 g/mol. The smallest absolute Gasteiger partial charge is 0.151 e. The quantitative estimate of drug-likeness (QED) is 0.859. The Bertz CT molecular complexity index is 499. The summed E-state index contributed by atoms with van der Waals surface area (Å²) in [5.41, 5.74) is 2.34. The fraction of sp³-hybridized carbons (Fsp3) is 0.429. The summed E-state index contributed by atoms with van der Waals surface area (Å²) in [6, 6.07) is 8.50. The predicted molar refractivity (Wildman–Crippen MR) is 77.7 cm³/mol. The third kappa shape index (κ3) is 2.93. The molecule has 19 heavy (non-hydrogen) atoms. The van der Waals surface area contributed by atoms with Gasteiger partial charge in [-0.1, -0.05) is 0 Å². The van der Waals surface area contributed by atoms with E-state index in [-0.39, 0.29) is 0 Å². The second-order valence-corrected chi connectivity index (χ2v) is 4.34. The molecule has 2 aromatic rings. The molecule has 5 nitrogen and oxygen atoms in total. The SMILES string of the molecule is CCN(CC)c1ccc(-n2cnnc2CNC)cc1. The number of benzene rings is 1. The van der Waals surface area contributed by atoms with Gasteiger partial charge in [-0.3, -0.25) is 4.57 Å². The van der Waals surface area contributed by atoms with Crippen molar-refractivity contribution in [1.82, 2.24) is 20.1 Å². The minimum absolute atomic E-state index is 0.706. The van der Waals surface area contributed by atoms with Crippen LogP contribution in [0, 0.1) is 0 Å². The maximum absolute atomic E-state index is 4.11. The summed E-state index contributed by atoms with van der Waals surface area (Å²) in [7, 11) is 1.91. The van der Waals surface area contributed by atoms with Crippen LogP contribution in [0.3, 0.4) is 0 Å². The van der Waals surface area contributed by atoms with E-state index >= 15 is 0 Å². The van der Waals surface area contributed by atoms with Crippen LogP contribution in [0.25, 0.3) is 5.69 Å². The van der Waals surface area contributed by atoms with E-state index in [0.29, 0.717) is 6.54 Å². The highest BCUT2D eigenvalue weighted by atomic mass is 15.3. The van der Waals surface area contributed by atoms with Crippen molar-refractivity contribution in [2.24, 2.45) is 0 Å². The van der Waals surface area contributed by atoms with Crippen LogP contribution in [0.15, 0.2) is 30.6 Å². The number of hydrogen-bond donors (Lipinski definition) is 1. The number of anilines is 1. The van der Waals surface area contributed by atoms with Crippen molar-refractivity contribution in [3.05, 3.63) is 36.4 Å². The molecule has 1 N–H and O–H groups in total. The number of nitrogens with one attached hydrogen (secondary N) is 1. The molecule has 0 aliphatic heterocycles. The average Bonchev–Trinajstić information content (AvgIpc) is 2.90. The van der Waals surface area contributed by atoms with Crippen molar-refractivity contribution in [2.45, 2.75) is 20.4 Å². The van der Waals surface area contributed by atoms with E-state index in [1.807, 2.05) is 11.6 Å². The Kier molecular flexibility index (Phi) is 4.52. The number of hydrogen-bond acceptors (Lipinski definition) is 4. The van der Waals surface area contributed by atoms with Gasteiger partial charge in [-0.15, -0.1) is 10.2 Å². The van der Waals surface area contributed by atoms with Crippen molar-refractivity contribution < 1.29 is 0 Å². The molecule has 2 rings (SSSR count). The van der Waals surface area contributed by atoms with Gasteiger partial charge in [0.1, 0.15) is 6.33 Å². The highest BCUT2D eigenvalue weighted by Gasteiger charge is 2.06. The van der Waals surface area contributed by atoms with Gasteiger partial charge in [0.05, 0.1) is 6.54 Å². The lowest BCUT2D eigenvalue weighted by atomic mass is 10.2. The fourth-order valence-electron chi connectivity index (χ4n) is 2.17. The number of rotatable bonds is 6. The van der Waals surface area contributed by atoms with E-state index in [2.05, 4.69) is 58.5 Å². The second kappa shape index (κ2) is 6.33. The lowest BCUT2D eigenvalue weighted by Gasteiger charge is -2.21. The van der Waals surface area contributed by atoms with Crippen LogP contribution >= 0.6 is 0 Å². The van der Waals surface area contributed by atoms with E-state index in [0.717, 1.165) is 24.6 Å². The lowest BCUT2D eigenvalue weighted by Crippen LogP contribution is -2.21. The molecule has 1 aromatic carbocycles. The molecule has 0 radical (unpaired) electrons. The first-order chi connectivity index (χ1) is 9.30. The standard InChI is InChI=1S/C14H21N5/c1-4-18(5-2)12-6-8-13(9-7-12)19-11-16-17-14(19)10-15-3/h6-9,11,15H,4-5,10H2,1-3H3. The molecule has 0 fully saturated rings. The van der Waals surface area contributed by atoms with Crippen molar-refractivity contribution in [2.75, 3.05) is 25.0 Å². The summed E-state index contributed by atoms with van der Waals surface area (Å²) in [5, 5.41) is 11.2. The van der Waals surface area contributed by atoms with E-state index in [9.17, 15) is 0 Å². The highest BCUT2D eigenvalue weighted by Crippen LogP contribution is 2.17. The van der Waals surface area contributed by atoms with Crippen LogP contribution in [-0.4, -0.2) is 34.9 Å². The average molecular weight is 259 g/mol. The van der Waals surface area contributed by atoms with Gasteiger partial charge in [-0.2, -0.15) is 0 Å². The van der Waals surface area contributed by atoms with Crippen LogP contribution in [0.5, 0.6) is 0 Å². The van der Waals surface area contributed by atoms with E-state index < -0.39 is 0 Å². The molecule has 0 aliphatic rings. The van der Waals surface area contributed by atoms with Gasteiger partial charge in [0.15, 0.2) is 5.82 Å². The molecule has 1 heterocycles. The molecule has 5 heteroatoms. The highest BCUT2D eigenvalue weighted by molar-refractivity contribution is 5.51. The maximum atomic E-state index is 4.11. The van der Waals surface area contributed by atoms with Gasteiger partial charge in [-0.25, -0.2) is 0 Å². The predicted octanol–water partition coefficient (Wildman–Crippen LogP) is 1.83. The molecule has 102 valence electrons. The van der Waals surface area contributed by atoms with Gasteiger partial charge >= 0.3 is 0 Å². The molecule has 0 unspecified atom stereocenters. The minimum atomic E-state index is 0.706. The zero-order valence-electron chi connectivity index (χ0n) is 11.8. The summed E-state index contributed by atoms with van der Waals surface area (Å²) in [6.45, 7) is 7.09. The van der Waals surface area contributed by atoms with Gasteiger partial charge in [0.25, 0.3) is 0 Å². The third-order valence-corrected chi connectivity index (χ3v) is 3.21. The van der Waals surface area contributed by atoms with Crippen molar-refractivity contribution in [3.63, 3.8) is 0 Å². The largest absolute Gasteiger partial charge is 0.372 e. The maximum Gasteiger partial charge on any atom is 0.151 e.